The average Bonchev–Trinajstić information content (AvgIpc) is 3.19. The van der Waals surface area contributed by atoms with Crippen LogP contribution < -0.4 is 0 Å². The Morgan fingerprint density at radius 2 is 1.58 bits per heavy atom. The minimum absolute atomic E-state index is 0.826. The van der Waals surface area contributed by atoms with E-state index in [1.54, 1.807) is 11.3 Å². The number of rotatable bonds is 11. The molecule has 0 aliphatic carbocycles. The van der Waals surface area contributed by atoms with Crippen molar-refractivity contribution in [1.29, 1.82) is 0 Å². The smallest absolute Gasteiger partial charge is 0.0696 e. The van der Waals surface area contributed by atoms with Gasteiger partial charge in [0, 0.05) is 28.9 Å². The Kier molecular flexibility index (Phi) is 8.08. The van der Waals surface area contributed by atoms with Gasteiger partial charge in [-0.25, -0.2) is 0 Å². The summed E-state index contributed by atoms with van der Waals surface area (Å²) < 4.78 is 1.21. The lowest BCUT2D eigenvalue weighted by Gasteiger charge is -2.27. The van der Waals surface area contributed by atoms with Crippen molar-refractivity contribution in [2.75, 3.05) is 26.2 Å². The number of thiophene rings is 1. The van der Waals surface area contributed by atoms with Gasteiger partial charge in [-0.1, -0.05) is 86.6 Å². The molecule has 3 aromatic carbocycles. The molecule has 0 fully saturated rings. The number of hydrogen-bond donors (Lipinski definition) is 0. The monoisotopic (exact) mass is 476 g/mol. The topological polar surface area (TPSA) is 6.48 Å². The Hall–Kier alpha value is -2.33. The van der Waals surface area contributed by atoms with E-state index >= 15 is 0 Å². The first-order valence-electron chi connectivity index (χ1n) is 11.9. The molecule has 2 nitrogen and oxygen atoms in total. The van der Waals surface area contributed by atoms with Crippen LogP contribution in [0.4, 0.5) is 0 Å². The van der Waals surface area contributed by atoms with Gasteiger partial charge in [0.15, 0.2) is 0 Å². The lowest BCUT2D eigenvalue weighted by atomic mass is 10.1. The second-order valence-electron chi connectivity index (χ2n) is 8.53. The van der Waals surface area contributed by atoms with Crippen molar-refractivity contribution < 1.29 is 0 Å². The summed E-state index contributed by atoms with van der Waals surface area (Å²) in [6, 6.07) is 23.7. The zero-order valence-electron chi connectivity index (χ0n) is 19.7. The highest BCUT2D eigenvalue weighted by atomic mass is 35.5. The van der Waals surface area contributed by atoms with Gasteiger partial charge in [0.1, 0.15) is 0 Å². The minimum Gasteiger partial charge on any atom is -0.366 e. The fourth-order valence-corrected chi connectivity index (χ4v) is 5.93. The third-order valence-electron chi connectivity index (χ3n) is 6.41. The highest BCUT2D eigenvalue weighted by Crippen LogP contribution is 2.40. The van der Waals surface area contributed by atoms with Gasteiger partial charge in [-0.05, 0) is 60.9 Å². The molecular formula is C29H33ClN2S. The molecule has 0 atom stereocenters. The fourth-order valence-electron chi connectivity index (χ4n) is 4.39. The maximum Gasteiger partial charge on any atom is 0.0696 e. The molecule has 4 aromatic rings. The molecule has 0 aliphatic heterocycles. The van der Waals surface area contributed by atoms with E-state index in [4.69, 9.17) is 11.6 Å². The summed E-state index contributed by atoms with van der Waals surface area (Å²) in [6.07, 6.45) is 2.31. The number of nitrogens with zero attached hydrogens (tertiary/aromatic N) is 2. The summed E-state index contributed by atoms with van der Waals surface area (Å²) in [5.41, 5.74) is 2.33. The largest absolute Gasteiger partial charge is 0.366 e. The summed E-state index contributed by atoms with van der Waals surface area (Å²) in [5.74, 6) is 0. The van der Waals surface area contributed by atoms with Crippen LogP contribution in [0.5, 0.6) is 0 Å². The van der Waals surface area contributed by atoms with Gasteiger partial charge in [-0.15, -0.1) is 11.3 Å². The molecule has 1 aromatic heterocycles. The molecule has 4 heteroatoms. The third-order valence-corrected chi connectivity index (χ3v) is 8.14. The van der Waals surface area contributed by atoms with Gasteiger partial charge in [0.05, 0.1) is 9.90 Å². The van der Waals surface area contributed by atoms with Crippen molar-refractivity contribution in [3.63, 3.8) is 0 Å². The zero-order chi connectivity index (χ0) is 23.2. The Morgan fingerprint density at radius 1 is 0.879 bits per heavy atom. The highest BCUT2D eigenvalue weighted by Gasteiger charge is 2.18. The van der Waals surface area contributed by atoms with Crippen molar-refractivity contribution in [3.05, 3.63) is 88.8 Å². The molecule has 0 unspecified atom stereocenters. The number of unbranched alkanes of at least 4 members (excludes halogenated alkanes) is 1. The van der Waals surface area contributed by atoms with Gasteiger partial charge in [-0.2, -0.15) is 0 Å². The summed E-state index contributed by atoms with van der Waals surface area (Å²) in [4.78, 5) is 6.00. The van der Waals surface area contributed by atoms with Crippen LogP contribution in [0.15, 0.2) is 73.3 Å². The molecule has 0 spiro atoms. The van der Waals surface area contributed by atoms with E-state index in [0.29, 0.717) is 0 Å². The quantitative estimate of drug-likeness (QED) is 0.201. The maximum atomic E-state index is 6.83. The summed E-state index contributed by atoms with van der Waals surface area (Å²) >= 11 is 8.58. The van der Waals surface area contributed by atoms with Gasteiger partial charge in [-0.3, -0.25) is 0 Å². The predicted octanol–water partition coefficient (Wildman–Crippen LogP) is 8.30. The van der Waals surface area contributed by atoms with Gasteiger partial charge < -0.3 is 9.80 Å². The minimum atomic E-state index is 0.826. The van der Waals surface area contributed by atoms with Gasteiger partial charge in [0.2, 0.25) is 0 Å². The van der Waals surface area contributed by atoms with Crippen LogP contribution >= 0.6 is 22.9 Å². The van der Waals surface area contributed by atoms with Gasteiger partial charge >= 0.3 is 0 Å². The van der Waals surface area contributed by atoms with Crippen LogP contribution in [0, 0.1) is 0 Å². The van der Waals surface area contributed by atoms with Crippen LogP contribution in [0.2, 0.25) is 5.02 Å². The van der Waals surface area contributed by atoms with Crippen molar-refractivity contribution in [3.8, 4) is 0 Å². The normalized spacial score (nSPS) is 11.5. The molecule has 0 aliphatic rings. The van der Waals surface area contributed by atoms with E-state index in [0.717, 1.165) is 60.1 Å². The Balaban J connectivity index is 1.56. The Morgan fingerprint density at radius 3 is 2.33 bits per heavy atom. The van der Waals surface area contributed by atoms with E-state index in [1.165, 1.54) is 27.5 Å². The van der Waals surface area contributed by atoms with E-state index < -0.39 is 0 Å². The summed E-state index contributed by atoms with van der Waals surface area (Å²) in [6.45, 7) is 14.2. The number of hydrogen-bond acceptors (Lipinski definition) is 3. The molecule has 4 rings (SSSR count). The predicted molar refractivity (Wildman–Crippen MR) is 147 cm³/mol. The molecule has 1 heterocycles. The Labute approximate surface area is 207 Å². The molecular weight excluding hydrogens is 444 g/mol. The maximum absolute atomic E-state index is 6.83. The van der Waals surface area contributed by atoms with Crippen LogP contribution in [-0.4, -0.2) is 36.0 Å². The van der Waals surface area contributed by atoms with Crippen molar-refractivity contribution in [1.82, 2.24) is 9.80 Å². The van der Waals surface area contributed by atoms with E-state index in [2.05, 4.69) is 90.9 Å². The molecule has 0 bridgehead atoms. The number of benzene rings is 3. The van der Waals surface area contributed by atoms with Crippen LogP contribution in [0.1, 0.15) is 37.1 Å². The lowest BCUT2D eigenvalue weighted by Crippen LogP contribution is -2.26. The van der Waals surface area contributed by atoms with Crippen LogP contribution in [-0.2, 0) is 6.54 Å². The second-order valence-corrected chi connectivity index (χ2v) is 9.96. The molecule has 0 saturated heterocycles. The van der Waals surface area contributed by atoms with Crippen molar-refractivity contribution in [2.45, 2.75) is 33.2 Å². The molecule has 0 radical (unpaired) electrons. The molecule has 0 saturated carbocycles. The number of halogens is 1. The zero-order valence-corrected chi connectivity index (χ0v) is 21.3. The van der Waals surface area contributed by atoms with E-state index in [9.17, 15) is 0 Å². The third kappa shape index (κ3) is 5.60. The molecule has 0 N–H and O–H groups in total. The average molecular weight is 477 g/mol. The molecule has 0 amide bonds. The lowest BCUT2D eigenvalue weighted by molar-refractivity contribution is 0.286. The molecule has 33 heavy (non-hydrogen) atoms. The summed E-state index contributed by atoms with van der Waals surface area (Å²) in [7, 11) is 0. The first-order valence-corrected chi connectivity index (χ1v) is 13.1. The standard InChI is InChI=1S/C29H33ClN2S/c1-4-31(5-2)18-10-11-19-32(21-23-16-17-24-12-6-7-13-25(24)20-23)22(3)29-28(30)26-14-8-9-15-27(26)33-29/h6-9,12-17,20H,3-5,10-11,18-19,21H2,1-2H3. The number of fused-ring (bicyclic) bond motifs is 2. The van der Waals surface area contributed by atoms with Crippen molar-refractivity contribution >= 4 is 49.5 Å². The van der Waals surface area contributed by atoms with Crippen LogP contribution in [0.25, 0.3) is 26.6 Å². The van der Waals surface area contributed by atoms with Crippen molar-refractivity contribution in [2.24, 2.45) is 0 Å². The van der Waals surface area contributed by atoms with Crippen LogP contribution in [0.3, 0.4) is 0 Å². The first kappa shape index (κ1) is 23.8. The summed E-state index contributed by atoms with van der Waals surface area (Å²) in [5, 5.41) is 4.50. The molecule has 172 valence electrons. The Bertz CT molecular complexity index is 1220. The fraction of sp³-hybridized carbons (Fsp3) is 0.310. The van der Waals surface area contributed by atoms with E-state index in [1.807, 2.05) is 6.07 Å². The highest BCUT2D eigenvalue weighted by molar-refractivity contribution is 7.20. The SMILES string of the molecule is C=C(c1sc2ccccc2c1Cl)N(CCCCN(CC)CC)Cc1ccc2ccccc2c1. The first-order chi connectivity index (χ1) is 16.1. The second kappa shape index (κ2) is 11.2. The van der Waals surface area contributed by atoms with E-state index in [-0.39, 0.29) is 0 Å². The van der Waals surface area contributed by atoms with Gasteiger partial charge in [0.25, 0.3) is 0 Å².